The molecule has 130 valence electrons. The van der Waals surface area contributed by atoms with Gasteiger partial charge in [-0.05, 0) is 43.9 Å². The van der Waals surface area contributed by atoms with E-state index in [0.29, 0.717) is 17.4 Å². The predicted molar refractivity (Wildman–Crippen MR) is 87.1 cm³/mol. The summed E-state index contributed by atoms with van der Waals surface area (Å²) >= 11 is 0. The smallest absolute Gasteiger partial charge is 0.348 e. The fourth-order valence-electron chi connectivity index (χ4n) is 4.57. The number of hydrogen-bond acceptors (Lipinski definition) is 2. The molecule has 1 spiro atoms. The topological polar surface area (TPSA) is 18.5 Å². The summed E-state index contributed by atoms with van der Waals surface area (Å²) in [5, 5.41) is 0. The van der Waals surface area contributed by atoms with Gasteiger partial charge < -0.3 is 9.47 Å². The van der Waals surface area contributed by atoms with E-state index in [-0.39, 0.29) is 64.0 Å². The largest absolute Gasteiger partial charge is 1.00 e. The third kappa shape index (κ3) is 4.35. The van der Waals surface area contributed by atoms with Gasteiger partial charge in [0, 0.05) is 18.7 Å². The number of allylic oxidation sites excluding steroid dienone is 2. The van der Waals surface area contributed by atoms with E-state index in [9.17, 15) is 8.78 Å². The van der Waals surface area contributed by atoms with Crippen LogP contribution < -0.4 is 58.2 Å². The Kier molecular flexibility index (Phi) is 7.06. The minimum absolute atomic E-state index is 0. The van der Waals surface area contributed by atoms with Crippen LogP contribution in [-0.4, -0.2) is 19.0 Å². The second kappa shape index (κ2) is 8.70. The first-order valence-electron chi connectivity index (χ1n) is 9.00. The molecule has 0 radical (unpaired) electrons. The Morgan fingerprint density at radius 1 is 1.04 bits per heavy atom. The van der Waals surface area contributed by atoms with Gasteiger partial charge >= 0.3 is 58.2 Å². The molecule has 2 aliphatic carbocycles. The molecule has 4 rings (SSSR count). The van der Waals surface area contributed by atoms with E-state index in [0.717, 1.165) is 63.7 Å². The van der Waals surface area contributed by atoms with E-state index in [1.807, 2.05) is 0 Å². The van der Waals surface area contributed by atoms with Gasteiger partial charge in [-0.25, -0.2) is 4.39 Å². The monoisotopic (exact) mass is 418 g/mol. The molecule has 1 atom stereocenters. The van der Waals surface area contributed by atoms with Gasteiger partial charge in [-0.1, -0.05) is 17.2 Å². The maximum absolute atomic E-state index is 13.9. The SMILES string of the molecule is Fc1[c-]ccc(C2=CCC(C3CCC4(CC3)OCCO4)CC2)c1F.[Rb+]. The van der Waals surface area contributed by atoms with Crippen LogP contribution >= 0.6 is 0 Å². The van der Waals surface area contributed by atoms with Crippen LogP contribution in [-0.2, 0) is 9.47 Å². The zero-order chi connectivity index (χ0) is 16.6. The van der Waals surface area contributed by atoms with Gasteiger partial charge in [0.1, 0.15) is 0 Å². The fourth-order valence-corrected chi connectivity index (χ4v) is 4.57. The molecule has 25 heavy (non-hydrogen) atoms. The van der Waals surface area contributed by atoms with Crippen molar-refractivity contribution in [2.24, 2.45) is 11.8 Å². The summed E-state index contributed by atoms with van der Waals surface area (Å²) in [5.41, 5.74) is 1.34. The van der Waals surface area contributed by atoms with Crippen molar-refractivity contribution in [2.75, 3.05) is 13.2 Å². The zero-order valence-electron chi connectivity index (χ0n) is 14.8. The van der Waals surface area contributed by atoms with E-state index in [1.165, 1.54) is 6.07 Å². The predicted octanol–water partition coefficient (Wildman–Crippen LogP) is 1.89. The minimum Gasteiger partial charge on any atom is -0.348 e. The maximum atomic E-state index is 13.9. The first-order valence-corrected chi connectivity index (χ1v) is 9.00. The minimum atomic E-state index is -0.885. The standard InChI is InChI=1S/C20H23F2O2.Rb/c21-18-3-1-2-17(19(18)22)16-6-4-14(5-7-16)15-8-10-20(11-9-15)23-12-13-24-20;/h1-2,6,14-15H,4-5,7-13H2;/q-1;+1. The van der Waals surface area contributed by atoms with Crippen molar-refractivity contribution in [3.8, 4) is 0 Å². The van der Waals surface area contributed by atoms with Crippen LogP contribution in [0.4, 0.5) is 8.78 Å². The molecule has 1 heterocycles. The van der Waals surface area contributed by atoms with Crippen molar-refractivity contribution >= 4 is 5.57 Å². The van der Waals surface area contributed by atoms with Crippen LogP contribution in [0.2, 0.25) is 0 Å². The second-order valence-corrected chi connectivity index (χ2v) is 7.23. The Labute approximate surface area is 197 Å². The molecule has 1 aliphatic heterocycles. The summed E-state index contributed by atoms with van der Waals surface area (Å²) in [6, 6.07) is 5.36. The molecule has 1 saturated heterocycles. The van der Waals surface area contributed by atoms with Crippen molar-refractivity contribution in [3.05, 3.63) is 41.5 Å². The molecule has 1 aromatic carbocycles. The van der Waals surface area contributed by atoms with Gasteiger partial charge in [0.05, 0.1) is 19.0 Å². The van der Waals surface area contributed by atoms with E-state index in [2.05, 4.69) is 12.1 Å². The molecule has 0 bridgehead atoms. The molecule has 5 heteroatoms. The first kappa shape index (κ1) is 20.3. The molecule has 2 fully saturated rings. The summed E-state index contributed by atoms with van der Waals surface area (Å²) < 4.78 is 38.9. The molecule has 3 aliphatic rings. The van der Waals surface area contributed by atoms with Gasteiger partial charge in [-0.15, -0.1) is 6.07 Å². The second-order valence-electron chi connectivity index (χ2n) is 7.23. The van der Waals surface area contributed by atoms with Crippen LogP contribution in [0.15, 0.2) is 18.2 Å². The number of rotatable bonds is 2. The molecule has 0 N–H and O–H groups in total. The third-order valence-corrected chi connectivity index (χ3v) is 5.96. The third-order valence-electron chi connectivity index (χ3n) is 5.96. The van der Waals surface area contributed by atoms with Crippen LogP contribution in [0.3, 0.4) is 0 Å². The van der Waals surface area contributed by atoms with Gasteiger partial charge in [-0.2, -0.15) is 12.1 Å². The van der Waals surface area contributed by atoms with Crippen LogP contribution in [0.25, 0.3) is 5.57 Å². The summed E-state index contributed by atoms with van der Waals surface area (Å²) in [6.45, 7) is 1.44. The number of benzene rings is 1. The Morgan fingerprint density at radius 2 is 1.76 bits per heavy atom. The first-order chi connectivity index (χ1) is 11.7. The number of halogens is 2. The Hall–Kier alpha value is 0.545. The molecular formula is C20H23F2O2Rb. The molecule has 1 saturated carbocycles. The van der Waals surface area contributed by atoms with E-state index in [4.69, 9.17) is 9.47 Å². The van der Waals surface area contributed by atoms with Gasteiger partial charge in [0.2, 0.25) is 0 Å². The summed E-state index contributed by atoms with van der Waals surface area (Å²) in [7, 11) is 0. The van der Waals surface area contributed by atoms with Crippen molar-refractivity contribution in [2.45, 2.75) is 50.7 Å². The van der Waals surface area contributed by atoms with E-state index >= 15 is 0 Å². The van der Waals surface area contributed by atoms with Gasteiger partial charge in [-0.3, -0.25) is 4.39 Å². The summed E-state index contributed by atoms with van der Waals surface area (Å²) in [6.07, 6.45) is 9.17. The Morgan fingerprint density at radius 3 is 2.40 bits per heavy atom. The average molecular weight is 419 g/mol. The van der Waals surface area contributed by atoms with Crippen LogP contribution in [0.1, 0.15) is 50.5 Å². The molecular weight excluding hydrogens is 396 g/mol. The molecule has 1 unspecified atom stereocenters. The maximum Gasteiger partial charge on any atom is 1.00 e. The van der Waals surface area contributed by atoms with Gasteiger partial charge in [0.15, 0.2) is 5.79 Å². The molecule has 0 amide bonds. The van der Waals surface area contributed by atoms with Crippen molar-refractivity contribution < 1.29 is 76.4 Å². The Balaban J connectivity index is 0.00000182. The Bertz CT molecular complexity index is 631. The average Bonchev–Trinajstić information content (AvgIpc) is 3.06. The molecule has 1 aromatic rings. The quantitative estimate of drug-likeness (QED) is 0.683. The normalized spacial score (nSPS) is 26.3. The summed E-state index contributed by atoms with van der Waals surface area (Å²) in [5.74, 6) is -0.627. The van der Waals surface area contributed by atoms with Crippen LogP contribution in [0, 0.1) is 29.5 Å². The molecule has 2 nitrogen and oxygen atoms in total. The molecule has 0 aromatic heterocycles. The number of ether oxygens (including phenoxy) is 2. The van der Waals surface area contributed by atoms with E-state index < -0.39 is 11.6 Å². The summed E-state index contributed by atoms with van der Waals surface area (Å²) in [4.78, 5) is 0. The fraction of sp³-hybridized carbons (Fsp3) is 0.600. The van der Waals surface area contributed by atoms with Crippen molar-refractivity contribution in [1.29, 1.82) is 0 Å². The zero-order valence-corrected chi connectivity index (χ0v) is 19.7. The van der Waals surface area contributed by atoms with Crippen molar-refractivity contribution in [1.82, 2.24) is 0 Å². The van der Waals surface area contributed by atoms with Crippen LogP contribution in [0.5, 0.6) is 0 Å². The van der Waals surface area contributed by atoms with E-state index in [1.54, 1.807) is 6.07 Å². The number of hydrogen-bond donors (Lipinski definition) is 0. The van der Waals surface area contributed by atoms with Gasteiger partial charge in [0.25, 0.3) is 0 Å². The van der Waals surface area contributed by atoms with Crippen molar-refractivity contribution in [3.63, 3.8) is 0 Å².